The van der Waals surface area contributed by atoms with Crippen LogP contribution in [0.5, 0.6) is 0 Å². The lowest BCUT2D eigenvalue weighted by Gasteiger charge is -2.18. The van der Waals surface area contributed by atoms with Crippen molar-refractivity contribution < 1.29 is 23.1 Å². The SMILES string of the molecule is CCOP(=O)(C[C@@H]1COCC1=O)OCC. The Balaban J connectivity index is 2.57. The highest BCUT2D eigenvalue weighted by molar-refractivity contribution is 7.53. The van der Waals surface area contributed by atoms with Gasteiger partial charge in [0, 0.05) is 0 Å². The zero-order chi connectivity index (χ0) is 11.3. The molecule has 0 saturated carbocycles. The van der Waals surface area contributed by atoms with Crippen molar-refractivity contribution in [1.29, 1.82) is 0 Å². The van der Waals surface area contributed by atoms with Gasteiger partial charge < -0.3 is 13.8 Å². The molecule has 0 radical (unpaired) electrons. The van der Waals surface area contributed by atoms with Crippen molar-refractivity contribution in [2.45, 2.75) is 13.8 Å². The lowest BCUT2D eigenvalue weighted by atomic mass is 10.1. The number of ether oxygens (including phenoxy) is 1. The van der Waals surface area contributed by atoms with E-state index < -0.39 is 7.60 Å². The smallest absolute Gasteiger partial charge is 0.331 e. The fourth-order valence-electron chi connectivity index (χ4n) is 1.47. The van der Waals surface area contributed by atoms with Crippen LogP contribution < -0.4 is 0 Å². The summed E-state index contributed by atoms with van der Waals surface area (Å²) < 4.78 is 27.3. The quantitative estimate of drug-likeness (QED) is 0.653. The molecule has 1 aliphatic rings. The summed E-state index contributed by atoms with van der Waals surface area (Å²) in [5.41, 5.74) is 0. The van der Waals surface area contributed by atoms with E-state index in [0.29, 0.717) is 19.8 Å². The standard InChI is InChI=1S/C9H17O5P/c1-3-13-15(11,14-4-2)7-8-5-12-6-9(8)10/h8H,3-7H2,1-2H3/t8-/m0/s1. The molecule has 1 atom stereocenters. The highest BCUT2D eigenvalue weighted by Gasteiger charge is 2.35. The summed E-state index contributed by atoms with van der Waals surface area (Å²) in [6.07, 6.45) is 0.132. The Morgan fingerprint density at radius 3 is 2.40 bits per heavy atom. The fraction of sp³-hybridized carbons (Fsp3) is 0.889. The molecule has 0 spiro atoms. The lowest BCUT2D eigenvalue weighted by Crippen LogP contribution is -2.17. The number of carbonyl (C=O) groups is 1. The second kappa shape index (κ2) is 5.75. The molecule has 0 amide bonds. The summed E-state index contributed by atoms with van der Waals surface area (Å²) in [6.45, 7) is 4.57. The Bertz CT molecular complexity index is 255. The minimum Gasteiger partial charge on any atom is -0.373 e. The van der Waals surface area contributed by atoms with Gasteiger partial charge in [-0.15, -0.1) is 0 Å². The third-order valence-corrected chi connectivity index (χ3v) is 4.31. The Kier molecular flexibility index (Phi) is 4.93. The van der Waals surface area contributed by atoms with Gasteiger partial charge in [-0.3, -0.25) is 9.36 Å². The number of Topliss-reactive ketones (excluding diaryl/α,β-unsaturated/α-hetero) is 1. The molecule has 88 valence electrons. The maximum Gasteiger partial charge on any atom is 0.331 e. The molecule has 0 aromatic rings. The summed E-state index contributed by atoms with van der Waals surface area (Å²) in [5.74, 6) is -0.358. The van der Waals surface area contributed by atoms with Crippen molar-refractivity contribution >= 4 is 13.4 Å². The molecule has 0 aromatic heterocycles. The molecule has 5 nitrogen and oxygen atoms in total. The van der Waals surface area contributed by atoms with E-state index in [0.717, 1.165) is 0 Å². The first-order chi connectivity index (χ1) is 7.11. The van der Waals surface area contributed by atoms with Crippen molar-refractivity contribution in [2.75, 3.05) is 32.6 Å². The predicted molar refractivity (Wildman–Crippen MR) is 55.0 cm³/mol. The molecule has 0 bridgehead atoms. The van der Waals surface area contributed by atoms with Gasteiger partial charge in [0.25, 0.3) is 0 Å². The molecular weight excluding hydrogens is 219 g/mol. The first-order valence-electron chi connectivity index (χ1n) is 5.10. The average molecular weight is 236 g/mol. The third kappa shape index (κ3) is 3.68. The molecule has 0 unspecified atom stereocenters. The van der Waals surface area contributed by atoms with Crippen LogP contribution in [0.1, 0.15) is 13.8 Å². The van der Waals surface area contributed by atoms with Crippen molar-refractivity contribution in [3.8, 4) is 0 Å². The molecule has 1 aliphatic heterocycles. The Labute approximate surface area is 89.6 Å². The second-order valence-electron chi connectivity index (χ2n) is 3.31. The van der Waals surface area contributed by atoms with Crippen LogP contribution >= 0.6 is 7.60 Å². The van der Waals surface area contributed by atoms with Crippen LogP contribution in [-0.4, -0.2) is 38.4 Å². The van der Waals surface area contributed by atoms with E-state index in [1.54, 1.807) is 13.8 Å². The van der Waals surface area contributed by atoms with E-state index in [1.807, 2.05) is 0 Å². The van der Waals surface area contributed by atoms with Crippen LogP contribution in [0.4, 0.5) is 0 Å². The highest BCUT2D eigenvalue weighted by Crippen LogP contribution is 2.50. The van der Waals surface area contributed by atoms with Gasteiger partial charge in [-0.1, -0.05) is 0 Å². The van der Waals surface area contributed by atoms with E-state index in [2.05, 4.69) is 0 Å². The van der Waals surface area contributed by atoms with Crippen molar-refractivity contribution in [2.24, 2.45) is 5.92 Å². The lowest BCUT2D eigenvalue weighted by molar-refractivity contribution is -0.120. The second-order valence-corrected chi connectivity index (χ2v) is 5.41. The minimum absolute atomic E-state index is 0.0189. The first-order valence-corrected chi connectivity index (χ1v) is 6.82. The minimum atomic E-state index is -3.11. The normalized spacial score (nSPS) is 22.3. The molecule has 1 fully saturated rings. The predicted octanol–water partition coefficient (Wildman–Crippen LogP) is 1.47. The van der Waals surface area contributed by atoms with Gasteiger partial charge in [0.2, 0.25) is 0 Å². The Morgan fingerprint density at radius 2 is 2.00 bits per heavy atom. The highest BCUT2D eigenvalue weighted by atomic mass is 31.2. The average Bonchev–Trinajstić information content (AvgIpc) is 2.52. The zero-order valence-electron chi connectivity index (χ0n) is 9.10. The van der Waals surface area contributed by atoms with Crippen molar-refractivity contribution in [3.63, 3.8) is 0 Å². The zero-order valence-corrected chi connectivity index (χ0v) is 10.00. The number of ketones is 1. The molecule has 6 heteroatoms. The summed E-state index contributed by atoms with van der Waals surface area (Å²) in [4.78, 5) is 11.3. The van der Waals surface area contributed by atoms with E-state index >= 15 is 0 Å². The molecule has 0 N–H and O–H groups in total. The van der Waals surface area contributed by atoms with Crippen molar-refractivity contribution in [3.05, 3.63) is 0 Å². The monoisotopic (exact) mass is 236 g/mol. The summed E-state index contributed by atoms with van der Waals surface area (Å²) >= 11 is 0. The number of carbonyl (C=O) groups excluding carboxylic acids is 1. The maximum absolute atomic E-state index is 12.1. The summed E-state index contributed by atoms with van der Waals surface area (Å²) in [7, 11) is -3.11. The van der Waals surface area contributed by atoms with E-state index in [-0.39, 0.29) is 24.5 Å². The van der Waals surface area contributed by atoms with E-state index in [9.17, 15) is 9.36 Å². The number of hydrogen-bond acceptors (Lipinski definition) is 5. The first kappa shape index (κ1) is 12.8. The summed E-state index contributed by atoms with van der Waals surface area (Å²) in [5, 5.41) is 0. The molecule has 0 aromatic carbocycles. The van der Waals surface area contributed by atoms with Gasteiger partial charge in [0.15, 0.2) is 5.78 Å². The van der Waals surface area contributed by atoms with Gasteiger partial charge in [-0.25, -0.2) is 0 Å². The van der Waals surface area contributed by atoms with Crippen molar-refractivity contribution in [1.82, 2.24) is 0 Å². The molecule has 1 saturated heterocycles. The number of hydrogen-bond donors (Lipinski definition) is 0. The van der Waals surface area contributed by atoms with Gasteiger partial charge in [-0.2, -0.15) is 0 Å². The van der Waals surface area contributed by atoms with Gasteiger partial charge in [-0.05, 0) is 13.8 Å². The van der Waals surface area contributed by atoms with Crippen LogP contribution in [0.25, 0.3) is 0 Å². The van der Waals surface area contributed by atoms with Crippen LogP contribution in [0.2, 0.25) is 0 Å². The van der Waals surface area contributed by atoms with Crippen LogP contribution in [0, 0.1) is 5.92 Å². The van der Waals surface area contributed by atoms with Crippen LogP contribution in [0.3, 0.4) is 0 Å². The molecule has 1 heterocycles. The summed E-state index contributed by atoms with van der Waals surface area (Å²) in [6, 6.07) is 0. The van der Waals surface area contributed by atoms with Gasteiger partial charge in [0.1, 0.15) is 6.61 Å². The molecule has 0 aliphatic carbocycles. The topological polar surface area (TPSA) is 61.8 Å². The maximum atomic E-state index is 12.1. The fourth-order valence-corrected chi connectivity index (χ4v) is 3.39. The Morgan fingerprint density at radius 1 is 1.40 bits per heavy atom. The van der Waals surface area contributed by atoms with Gasteiger partial charge >= 0.3 is 7.60 Å². The van der Waals surface area contributed by atoms with E-state index in [1.165, 1.54) is 0 Å². The Hall–Kier alpha value is -0.220. The third-order valence-electron chi connectivity index (χ3n) is 2.11. The number of rotatable bonds is 6. The van der Waals surface area contributed by atoms with Gasteiger partial charge in [0.05, 0.1) is 31.9 Å². The largest absolute Gasteiger partial charge is 0.373 e. The van der Waals surface area contributed by atoms with Crippen LogP contribution in [0.15, 0.2) is 0 Å². The van der Waals surface area contributed by atoms with E-state index in [4.69, 9.17) is 13.8 Å². The molecular formula is C9H17O5P. The van der Waals surface area contributed by atoms with Crippen LogP contribution in [-0.2, 0) is 23.1 Å². The molecule has 15 heavy (non-hydrogen) atoms. The molecule has 1 rings (SSSR count).